The number of rotatable bonds is 6. The summed E-state index contributed by atoms with van der Waals surface area (Å²) in [6.07, 6.45) is 0. The summed E-state index contributed by atoms with van der Waals surface area (Å²) in [5, 5.41) is 2.71. The third-order valence-electron chi connectivity index (χ3n) is 16.3. The van der Waals surface area contributed by atoms with Crippen molar-refractivity contribution in [2.75, 3.05) is 0 Å². The van der Waals surface area contributed by atoms with E-state index in [0.29, 0.717) is 0 Å². The highest BCUT2D eigenvalue weighted by Crippen LogP contribution is 2.57. The van der Waals surface area contributed by atoms with Gasteiger partial charge in [0.1, 0.15) is 0 Å². The molecular formula is C64H66B2. The first-order chi connectivity index (χ1) is 31.2. The largest absolute Gasteiger partial charge is 0.243 e. The summed E-state index contributed by atoms with van der Waals surface area (Å²) >= 11 is 0. The average molecular weight is 857 g/mol. The fraction of sp³-hybridized carbons (Fsp3) is 0.281. The van der Waals surface area contributed by atoms with Gasteiger partial charge in [-0.2, -0.15) is 0 Å². The number of fused-ring (bicyclic) bond motifs is 8. The summed E-state index contributed by atoms with van der Waals surface area (Å²) < 4.78 is 0. The number of hydrogen-bond acceptors (Lipinski definition) is 0. The first-order valence-electron chi connectivity index (χ1n) is 24.4. The molecule has 0 atom stereocenters. The Labute approximate surface area is 397 Å². The molecule has 0 aliphatic heterocycles. The zero-order valence-corrected chi connectivity index (χ0v) is 42.5. The number of aryl methyl sites for hydroxylation is 12. The monoisotopic (exact) mass is 857 g/mol. The highest BCUT2D eigenvalue weighted by molar-refractivity contribution is 6.98. The van der Waals surface area contributed by atoms with Crippen LogP contribution < -0.4 is 32.8 Å². The van der Waals surface area contributed by atoms with Crippen molar-refractivity contribution in [3.8, 4) is 22.3 Å². The molecule has 0 spiro atoms. The third-order valence-corrected chi connectivity index (χ3v) is 16.3. The van der Waals surface area contributed by atoms with Crippen LogP contribution in [0.15, 0.2) is 109 Å². The van der Waals surface area contributed by atoms with Gasteiger partial charge >= 0.3 is 0 Å². The molecule has 66 heavy (non-hydrogen) atoms. The lowest BCUT2D eigenvalue weighted by Gasteiger charge is -2.28. The van der Waals surface area contributed by atoms with Crippen LogP contribution in [-0.4, -0.2) is 13.4 Å². The van der Waals surface area contributed by atoms with Gasteiger partial charge in [0.05, 0.1) is 0 Å². The van der Waals surface area contributed by atoms with Gasteiger partial charge in [-0.1, -0.05) is 224 Å². The quantitative estimate of drug-likeness (QED) is 0.146. The molecule has 0 radical (unpaired) electrons. The molecule has 0 amide bonds. The van der Waals surface area contributed by atoms with Gasteiger partial charge in [-0.15, -0.1) is 0 Å². The first kappa shape index (κ1) is 44.0. The minimum Gasteiger partial charge on any atom is -0.0683 e. The van der Waals surface area contributed by atoms with Gasteiger partial charge < -0.3 is 0 Å². The van der Waals surface area contributed by atoms with E-state index in [1.54, 1.807) is 0 Å². The molecular weight excluding hydrogens is 790 g/mol. The van der Waals surface area contributed by atoms with E-state index < -0.39 is 0 Å². The Bertz CT molecular complexity index is 3180. The Morgan fingerprint density at radius 3 is 1.14 bits per heavy atom. The van der Waals surface area contributed by atoms with Gasteiger partial charge in [0, 0.05) is 10.8 Å². The molecule has 0 fully saturated rings. The molecule has 0 aromatic heterocycles. The molecule has 0 bridgehead atoms. The Kier molecular flexibility index (Phi) is 10.2. The van der Waals surface area contributed by atoms with E-state index in [1.807, 2.05) is 0 Å². The maximum absolute atomic E-state index is 2.64. The van der Waals surface area contributed by atoms with Crippen LogP contribution in [0.2, 0.25) is 0 Å². The van der Waals surface area contributed by atoms with Crippen molar-refractivity contribution < 1.29 is 0 Å². The molecule has 2 aliphatic rings. The minimum atomic E-state index is -0.212. The van der Waals surface area contributed by atoms with E-state index in [0.717, 1.165) is 0 Å². The van der Waals surface area contributed by atoms with Gasteiger partial charge in [0.2, 0.25) is 13.4 Å². The topological polar surface area (TPSA) is 0 Å². The van der Waals surface area contributed by atoms with Crippen LogP contribution in [0.4, 0.5) is 0 Å². The predicted octanol–water partition coefficient (Wildman–Crippen LogP) is 12.2. The van der Waals surface area contributed by atoms with Crippen molar-refractivity contribution in [2.45, 2.75) is 122 Å². The van der Waals surface area contributed by atoms with Crippen molar-refractivity contribution in [3.05, 3.63) is 198 Å². The smallest absolute Gasteiger partial charge is 0.0683 e. The Morgan fingerprint density at radius 1 is 0.318 bits per heavy atom. The summed E-state index contributed by atoms with van der Waals surface area (Å²) in [7, 11) is 0. The molecule has 0 nitrogen and oxygen atoms in total. The molecule has 0 heterocycles. The van der Waals surface area contributed by atoms with Gasteiger partial charge in [-0.05, 0) is 150 Å². The summed E-state index contributed by atoms with van der Waals surface area (Å²) in [6.45, 7) is 37.6. The van der Waals surface area contributed by atoms with E-state index in [4.69, 9.17) is 0 Å². The van der Waals surface area contributed by atoms with Crippen LogP contribution in [0.5, 0.6) is 0 Å². The van der Waals surface area contributed by atoms with Crippen LogP contribution in [0, 0.1) is 83.1 Å². The van der Waals surface area contributed by atoms with E-state index in [9.17, 15) is 0 Å². The lowest BCUT2D eigenvalue weighted by molar-refractivity contribution is 0.652. The number of benzene rings is 8. The van der Waals surface area contributed by atoms with E-state index in [1.165, 1.54) is 155 Å². The van der Waals surface area contributed by atoms with Crippen LogP contribution in [0.1, 0.15) is 117 Å². The lowest BCUT2D eigenvalue weighted by Crippen LogP contribution is -2.56. The molecule has 8 aromatic rings. The first-order valence-corrected chi connectivity index (χ1v) is 24.4. The highest BCUT2D eigenvalue weighted by Gasteiger charge is 2.44. The lowest BCUT2D eigenvalue weighted by atomic mass is 9.33. The Morgan fingerprint density at radius 2 is 0.682 bits per heavy atom. The SMILES string of the molecule is Cc1cc(C)c(B(c2ccc3c(c2)C(C)(C)c2cc4c(cc2-3)C(C)(C)c2cc(B(c3c(C)cc(C)cc3C)c3c(C)cc(C)cc3C)c3ccccc3c2-4)c2c(C)cc(C)cc2C)c(C)c1. The standard InChI is InChI=1S/C64H66B2/c1-35-23-39(5)59(40(6)24-35)65(60-41(7)25-36(2)26-42(60)8)47-21-22-48-51-32-55-52(33-54(51)63(13,14)53(48)31-47)58-50-20-18-17-19-49(50)57(34-56(58)64(55,15)16)66(61-43(9)27-37(3)28-44(61)10)62-45(11)29-38(4)30-46(62)12/h17-34H,1-16H3. The molecule has 0 N–H and O–H groups in total. The summed E-state index contributed by atoms with van der Waals surface area (Å²) in [6, 6.07) is 43.8. The summed E-state index contributed by atoms with van der Waals surface area (Å²) in [4.78, 5) is 0. The maximum atomic E-state index is 2.64. The van der Waals surface area contributed by atoms with E-state index >= 15 is 0 Å². The van der Waals surface area contributed by atoms with Crippen molar-refractivity contribution in [2.24, 2.45) is 0 Å². The van der Waals surface area contributed by atoms with Crippen LogP contribution in [-0.2, 0) is 10.8 Å². The highest BCUT2D eigenvalue weighted by atomic mass is 14.5. The van der Waals surface area contributed by atoms with Crippen molar-refractivity contribution >= 4 is 57.0 Å². The predicted molar refractivity (Wildman–Crippen MR) is 291 cm³/mol. The summed E-state index contributed by atoms with van der Waals surface area (Å²) in [5.41, 5.74) is 35.7. The normalized spacial score (nSPS) is 14.0. The van der Waals surface area contributed by atoms with Gasteiger partial charge in [0.15, 0.2) is 0 Å². The van der Waals surface area contributed by atoms with Crippen LogP contribution >= 0.6 is 0 Å². The zero-order valence-electron chi connectivity index (χ0n) is 42.5. The second-order valence-electron chi connectivity index (χ2n) is 22.0. The Balaban J connectivity index is 1.18. The Hall–Kier alpha value is -5.85. The molecule has 0 saturated heterocycles. The molecule has 0 unspecified atom stereocenters. The second kappa shape index (κ2) is 15.3. The van der Waals surface area contributed by atoms with Crippen molar-refractivity contribution in [1.29, 1.82) is 0 Å². The zero-order chi connectivity index (χ0) is 47.0. The van der Waals surface area contributed by atoms with Crippen LogP contribution in [0.3, 0.4) is 0 Å². The summed E-state index contributed by atoms with van der Waals surface area (Å²) in [5.74, 6) is 0. The van der Waals surface area contributed by atoms with Crippen LogP contribution in [0.25, 0.3) is 33.0 Å². The molecule has 2 heteroatoms. The molecule has 328 valence electrons. The molecule has 0 saturated carbocycles. The van der Waals surface area contributed by atoms with Gasteiger partial charge in [0.25, 0.3) is 0 Å². The number of hydrogen-bond donors (Lipinski definition) is 0. The van der Waals surface area contributed by atoms with Crippen molar-refractivity contribution in [1.82, 2.24) is 0 Å². The molecule has 2 aliphatic carbocycles. The van der Waals surface area contributed by atoms with E-state index in [2.05, 4.69) is 220 Å². The fourth-order valence-electron chi connectivity index (χ4n) is 13.8. The van der Waals surface area contributed by atoms with Crippen molar-refractivity contribution in [3.63, 3.8) is 0 Å². The molecule has 8 aromatic carbocycles. The third kappa shape index (κ3) is 6.56. The second-order valence-corrected chi connectivity index (χ2v) is 22.0. The van der Waals surface area contributed by atoms with Gasteiger partial charge in [-0.3, -0.25) is 0 Å². The van der Waals surface area contributed by atoms with Gasteiger partial charge in [-0.25, -0.2) is 0 Å². The van der Waals surface area contributed by atoms with E-state index in [-0.39, 0.29) is 24.3 Å². The fourth-order valence-corrected chi connectivity index (χ4v) is 13.8. The average Bonchev–Trinajstić information content (AvgIpc) is 3.58. The molecule has 10 rings (SSSR count). The maximum Gasteiger partial charge on any atom is 0.243 e. The minimum absolute atomic E-state index is 0.0923.